The molecular weight excluding hydrogens is 326 g/mol. The molecule has 0 spiro atoms. The van der Waals surface area contributed by atoms with Crippen LogP contribution in [0.2, 0.25) is 5.02 Å². The lowest BCUT2D eigenvalue weighted by atomic mass is 10.1. The number of halogens is 1. The summed E-state index contributed by atoms with van der Waals surface area (Å²) in [6.07, 6.45) is 0.291. The van der Waals surface area contributed by atoms with Gasteiger partial charge in [-0.1, -0.05) is 29.8 Å². The van der Waals surface area contributed by atoms with Crippen LogP contribution < -0.4 is 9.64 Å². The molecule has 0 saturated carbocycles. The quantitative estimate of drug-likeness (QED) is 0.857. The zero-order valence-electron chi connectivity index (χ0n) is 11.6. The third-order valence-corrected chi connectivity index (χ3v) is 4.49. The molecule has 0 aromatic heterocycles. The van der Waals surface area contributed by atoms with Crippen molar-refractivity contribution in [2.24, 2.45) is 0 Å². The Morgan fingerprint density at radius 3 is 2.59 bits per heavy atom. The molecule has 0 atom stereocenters. The molecule has 1 aliphatic rings. The highest BCUT2D eigenvalue weighted by Gasteiger charge is 2.25. The second-order valence-electron chi connectivity index (χ2n) is 4.95. The van der Waals surface area contributed by atoms with E-state index in [4.69, 9.17) is 20.9 Å². The molecule has 5 nitrogen and oxygen atoms in total. The third kappa shape index (κ3) is 3.04. The van der Waals surface area contributed by atoms with Gasteiger partial charge in [-0.15, -0.1) is 0 Å². The first kappa shape index (κ1) is 15.1. The summed E-state index contributed by atoms with van der Waals surface area (Å²) in [6.45, 7) is 0.424. The first-order chi connectivity index (χ1) is 10.5. The highest BCUT2D eigenvalue weighted by Crippen LogP contribution is 2.49. The Morgan fingerprint density at radius 1 is 1.09 bits per heavy atom. The van der Waals surface area contributed by atoms with Crippen molar-refractivity contribution in [1.29, 1.82) is 0 Å². The number of ether oxygens (including phenoxy) is 1. The van der Waals surface area contributed by atoms with Crippen molar-refractivity contribution >= 4 is 33.1 Å². The topological polar surface area (TPSA) is 66.8 Å². The van der Waals surface area contributed by atoms with Gasteiger partial charge in [0, 0.05) is 6.54 Å². The Labute approximate surface area is 133 Å². The zero-order valence-corrected chi connectivity index (χ0v) is 13.1. The number of hydrogen-bond acceptors (Lipinski definition) is 4. The van der Waals surface area contributed by atoms with Gasteiger partial charge in [0.05, 0.1) is 22.2 Å². The summed E-state index contributed by atoms with van der Waals surface area (Å²) < 4.78 is 36.6. The van der Waals surface area contributed by atoms with Crippen molar-refractivity contribution in [2.75, 3.05) is 17.2 Å². The van der Waals surface area contributed by atoms with E-state index in [-0.39, 0.29) is 5.75 Å². The average molecular weight is 340 g/mol. The Balaban J connectivity index is 1.96. The van der Waals surface area contributed by atoms with Gasteiger partial charge >= 0.3 is 0 Å². The van der Waals surface area contributed by atoms with E-state index in [2.05, 4.69) is 0 Å². The zero-order chi connectivity index (χ0) is 15.7. The van der Waals surface area contributed by atoms with Crippen molar-refractivity contribution in [3.05, 3.63) is 47.5 Å². The SMILES string of the molecule is O=S(=O)(O)CCCN1c2ccccc2Oc2c(Cl)cccc21. The first-order valence-electron chi connectivity index (χ1n) is 6.74. The Kier molecular flexibility index (Phi) is 3.99. The van der Waals surface area contributed by atoms with E-state index < -0.39 is 10.1 Å². The van der Waals surface area contributed by atoms with Gasteiger partial charge in [0.25, 0.3) is 10.1 Å². The normalized spacial score (nSPS) is 13.3. The lowest BCUT2D eigenvalue weighted by molar-refractivity contribution is 0.471. The Hall–Kier alpha value is -1.76. The van der Waals surface area contributed by atoms with Crippen molar-refractivity contribution in [1.82, 2.24) is 0 Å². The van der Waals surface area contributed by atoms with Crippen LogP contribution in [0.15, 0.2) is 42.5 Å². The molecule has 7 heteroatoms. The highest BCUT2D eigenvalue weighted by atomic mass is 35.5. The summed E-state index contributed by atoms with van der Waals surface area (Å²) in [4.78, 5) is 1.95. The molecular formula is C15H14ClNO4S. The maximum atomic E-state index is 10.9. The van der Waals surface area contributed by atoms with Crippen LogP contribution in [0.5, 0.6) is 11.5 Å². The van der Waals surface area contributed by atoms with Crippen molar-refractivity contribution < 1.29 is 17.7 Å². The number of anilines is 2. The average Bonchev–Trinajstić information content (AvgIpc) is 2.46. The van der Waals surface area contributed by atoms with E-state index >= 15 is 0 Å². The van der Waals surface area contributed by atoms with E-state index in [0.29, 0.717) is 29.5 Å². The third-order valence-electron chi connectivity index (χ3n) is 3.39. The molecule has 1 aliphatic heterocycles. The van der Waals surface area contributed by atoms with Gasteiger partial charge in [-0.3, -0.25) is 4.55 Å². The van der Waals surface area contributed by atoms with Gasteiger partial charge in [0.15, 0.2) is 11.5 Å². The molecule has 1 N–H and O–H groups in total. The van der Waals surface area contributed by atoms with E-state index in [1.165, 1.54) is 0 Å². The molecule has 0 radical (unpaired) electrons. The lowest BCUT2D eigenvalue weighted by Gasteiger charge is -2.33. The number of benzene rings is 2. The second kappa shape index (κ2) is 5.79. The lowest BCUT2D eigenvalue weighted by Crippen LogP contribution is -2.24. The van der Waals surface area contributed by atoms with Crippen molar-refractivity contribution in [3.63, 3.8) is 0 Å². The second-order valence-corrected chi connectivity index (χ2v) is 6.93. The molecule has 0 saturated heterocycles. The monoisotopic (exact) mass is 339 g/mol. The van der Waals surface area contributed by atoms with Gasteiger partial charge in [-0.05, 0) is 30.7 Å². The van der Waals surface area contributed by atoms with Crippen molar-refractivity contribution in [2.45, 2.75) is 6.42 Å². The maximum Gasteiger partial charge on any atom is 0.264 e. The molecule has 116 valence electrons. The number of para-hydroxylation sites is 3. The predicted molar refractivity (Wildman–Crippen MR) is 86.0 cm³/mol. The first-order valence-corrected chi connectivity index (χ1v) is 8.72. The molecule has 3 rings (SSSR count). The molecule has 0 amide bonds. The minimum Gasteiger partial charge on any atom is -0.451 e. The number of hydrogen-bond donors (Lipinski definition) is 1. The van der Waals surface area contributed by atoms with Gasteiger partial charge in [0.2, 0.25) is 0 Å². The van der Waals surface area contributed by atoms with Crippen LogP contribution in [0.4, 0.5) is 11.4 Å². The maximum absolute atomic E-state index is 10.9. The number of nitrogens with zero attached hydrogens (tertiary/aromatic N) is 1. The van der Waals surface area contributed by atoms with Crippen LogP contribution in [0.3, 0.4) is 0 Å². The fourth-order valence-electron chi connectivity index (χ4n) is 2.46. The molecule has 0 aliphatic carbocycles. The van der Waals surface area contributed by atoms with Crippen LogP contribution in [0.25, 0.3) is 0 Å². The summed E-state index contributed by atoms with van der Waals surface area (Å²) in [7, 11) is -3.97. The largest absolute Gasteiger partial charge is 0.451 e. The van der Waals surface area contributed by atoms with Gasteiger partial charge in [-0.2, -0.15) is 8.42 Å². The molecule has 0 unspecified atom stereocenters. The predicted octanol–water partition coefficient (Wildman–Crippen LogP) is 3.86. The van der Waals surface area contributed by atoms with Crippen LogP contribution in [-0.2, 0) is 10.1 Å². The molecule has 22 heavy (non-hydrogen) atoms. The Bertz CT molecular complexity index is 807. The van der Waals surface area contributed by atoms with Crippen molar-refractivity contribution in [3.8, 4) is 11.5 Å². The summed E-state index contributed by atoms with van der Waals surface area (Å²) in [5.74, 6) is 0.923. The molecule has 1 heterocycles. The summed E-state index contributed by atoms with van der Waals surface area (Å²) in [5.41, 5.74) is 1.62. The van der Waals surface area contributed by atoms with E-state index in [1.807, 2.05) is 41.3 Å². The standard InChI is InChI=1S/C15H14ClNO4S/c16-11-5-3-7-13-15(11)21-14-8-2-1-6-12(14)17(13)9-4-10-22(18,19)20/h1-3,5-8H,4,9-10H2,(H,18,19,20). The smallest absolute Gasteiger partial charge is 0.264 e. The highest BCUT2D eigenvalue weighted by molar-refractivity contribution is 7.85. The summed E-state index contributed by atoms with van der Waals surface area (Å²) in [5, 5.41) is 0.492. The van der Waals surface area contributed by atoms with E-state index in [9.17, 15) is 8.42 Å². The van der Waals surface area contributed by atoms with Crippen LogP contribution in [0, 0.1) is 0 Å². The van der Waals surface area contributed by atoms with Gasteiger partial charge in [-0.25, -0.2) is 0 Å². The van der Waals surface area contributed by atoms with Crippen LogP contribution in [0.1, 0.15) is 6.42 Å². The van der Waals surface area contributed by atoms with Gasteiger partial charge < -0.3 is 9.64 Å². The van der Waals surface area contributed by atoms with Gasteiger partial charge in [0.1, 0.15) is 0 Å². The number of fused-ring (bicyclic) bond motifs is 2. The van der Waals surface area contributed by atoms with E-state index in [1.54, 1.807) is 6.07 Å². The summed E-state index contributed by atoms with van der Waals surface area (Å²) in [6, 6.07) is 12.9. The van der Waals surface area contributed by atoms with E-state index in [0.717, 1.165) is 11.4 Å². The fourth-order valence-corrected chi connectivity index (χ4v) is 3.17. The minimum absolute atomic E-state index is 0.289. The van der Waals surface area contributed by atoms with Crippen LogP contribution >= 0.6 is 11.6 Å². The minimum atomic E-state index is -3.97. The molecule has 0 fully saturated rings. The molecule has 0 bridgehead atoms. The summed E-state index contributed by atoms with van der Waals surface area (Å²) >= 11 is 6.19. The van der Waals surface area contributed by atoms with Crippen LogP contribution in [-0.4, -0.2) is 25.3 Å². The molecule has 2 aromatic rings. The molecule has 2 aromatic carbocycles. The fraction of sp³-hybridized carbons (Fsp3) is 0.200. The number of rotatable bonds is 4. The Morgan fingerprint density at radius 2 is 1.82 bits per heavy atom.